The number of likely N-dealkylation sites (N-methyl/N-ethyl adjacent to an activating group) is 2. The second-order valence-electron chi connectivity index (χ2n) is 3.20. The van der Waals surface area contributed by atoms with Crippen LogP contribution in [0.5, 0.6) is 0 Å². The van der Waals surface area contributed by atoms with Crippen molar-refractivity contribution in [1.82, 2.24) is 15.3 Å². The predicted octanol–water partition coefficient (Wildman–Crippen LogP) is 0.0906. The molecule has 16 heavy (non-hydrogen) atoms. The van der Waals surface area contributed by atoms with Crippen LogP contribution in [0.1, 0.15) is 6.92 Å². The molecule has 0 unspecified atom stereocenters. The van der Waals surface area contributed by atoms with Gasteiger partial charge in [-0.1, -0.05) is 0 Å². The van der Waals surface area contributed by atoms with Crippen molar-refractivity contribution in [3.8, 4) is 0 Å². The van der Waals surface area contributed by atoms with E-state index in [0.717, 1.165) is 0 Å². The molecule has 0 radical (unpaired) electrons. The van der Waals surface area contributed by atoms with Gasteiger partial charge in [0.15, 0.2) is 0 Å². The first-order valence-electron chi connectivity index (χ1n) is 5.16. The molecule has 1 heterocycles. The number of carbonyl (C=O) groups excluding carboxylic acids is 1. The number of aromatic nitrogens is 2. The molecule has 1 aromatic rings. The maximum absolute atomic E-state index is 11.3. The number of carbonyl (C=O) groups is 1. The van der Waals surface area contributed by atoms with E-state index in [0.29, 0.717) is 18.2 Å². The summed E-state index contributed by atoms with van der Waals surface area (Å²) < 4.78 is 0. The van der Waals surface area contributed by atoms with Crippen molar-refractivity contribution >= 4 is 17.5 Å². The molecule has 6 nitrogen and oxygen atoms in total. The zero-order valence-electron chi connectivity index (χ0n) is 9.82. The van der Waals surface area contributed by atoms with E-state index >= 15 is 0 Å². The Bertz CT molecular complexity index is 355. The van der Waals surface area contributed by atoms with Gasteiger partial charge in [-0.3, -0.25) is 9.78 Å². The van der Waals surface area contributed by atoms with Crippen LogP contribution in [0.2, 0.25) is 0 Å². The Morgan fingerprint density at radius 1 is 1.44 bits per heavy atom. The van der Waals surface area contributed by atoms with Gasteiger partial charge < -0.3 is 15.5 Å². The molecule has 88 valence electrons. The van der Waals surface area contributed by atoms with Crippen LogP contribution in [-0.4, -0.2) is 43.1 Å². The van der Waals surface area contributed by atoms with Crippen LogP contribution < -0.4 is 15.5 Å². The molecular weight excluding hydrogens is 206 g/mol. The Hall–Kier alpha value is -1.85. The highest BCUT2D eigenvalue weighted by atomic mass is 16.1. The number of anilines is 2. The van der Waals surface area contributed by atoms with Crippen LogP contribution in [0, 0.1) is 0 Å². The summed E-state index contributed by atoms with van der Waals surface area (Å²) in [6.07, 6.45) is 3.28. The zero-order chi connectivity index (χ0) is 12.0. The number of hydrogen-bond acceptors (Lipinski definition) is 5. The van der Waals surface area contributed by atoms with E-state index in [4.69, 9.17) is 0 Å². The second-order valence-corrected chi connectivity index (χ2v) is 3.20. The Morgan fingerprint density at radius 3 is 2.75 bits per heavy atom. The maximum atomic E-state index is 11.3. The highest BCUT2D eigenvalue weighted by Gasteiger charge is 2.10. The fraction of sp³-hybridized carbons (Fsp3) is 0.500. The molecule has 0 saturated carbocycles. The van der Waals surface area contributed by atoms with Gasteiger partial charge in [0.25, 0.3) is 0 Å². The van der Waals surface area contributed by atoms with E-state index in [1.54, 1.807) is 26.5 Å². The standard InChI is InChI=1S/C10H17N5O/c1-4-15(7-10(16)12-3)9-6-13-5-8(11-2)14-9/h5-6H,4,7H2,1-3H3,(H,11,14)(H,12,16). The maximum Gasteiger partial charge on any atom is 0.239 e. The zero-order valence-corrected chi connectivity index (χ0v) is 9.82. The topological polar surface area (TPSA) is 70.2 Å². The lowest BCUT2D eigenvalue weighted by Gasteiger charge is -2.20. The lowest BCUT2D eigenvalue weighted by Crippen LogP contribution is -2.36. The van der Waals surface area contributed by atoms with Crippen molar-refractivity contribution < 1.29 is 4.79 Å². The summed E-state index contributed by atoms with van der Waals surface area (Å²) in [4.78, 5) is 21.5. The Morgan fingerprint density at radius 2 is 2.19 bits per heavy atom. The molecule has 0 fully saturated rings. The number of amides is 1. The molecule has 6 heteroatoms. The molecule has 0 spiro atoms. The van der Waals surface area contributed by atoms with Crippen molar-refractivity contribution in [1.29, 1.82) is 0 Å². The van der Waals surface area contributed by atoms with Crippen LogP contribution in [0.25, 0.3) is 0 Å². The molecule has 1 amide bonds. The molecule has 0 aliphatic heterocycles. The monoisotopic (exact) mass is 223 g/mol. The molecule has 0 aromatic carbocycles. The summed E-state index contributed by atoms with van der Waals surface area (Å²) in [5.41, 5.74) is 0. The number of nitrogens with one attached hydrogen (secondary N) is 2. The molecule has 1 rings (SSSR count). The van der Waals surface area contributed by atoms with Crippen molar-refractivity contribution in [2.75, 3.05) is 37.4 Å². The Labute approximate surface area is 95.1 Å². The van der Waals surface area contributed by atoms with Gasteiger partial charge in [0.2, 0.25) is 5.91 Å². The summed E-state index contributed by atoms with van der Waals surface area (Å²) in [5.74, 6) is 1.34. The second kappa shape index (κ2) is 5.89. The molecule has 1 aromatic heterocycles. The van der Waals surface area contributed by atoms with Crippen LogP contribution >= 0.6 is 0 Å². The van der Waals surface area contributed by atoms with Crippen molar-refractivity contribution in [3.05, 3.63) is 12.4 Å². The fourth-order valence-electron chi connectivity index (χ4n) is 1.24. The Balaban J connectivity index is 2.81. The molecule has 0 bridgehead atoms. The quantitative estimate of drug-likeness (QED) is 0.740. The van der Waals surface area contributed by atoms with Crippen molar-refractivity contribution in [3.63, 3.8) is 0 Å². The third-order valence-electron chi connectivity index (χ3n) is 2.20. The number of rotatable bonds is 5. The van der Waals surface area contributed by atoms with E-state index < -0.39 is 0 Å². The molecule has 0 saturated heterocycles. The number of nitrogens with zero attached hydrogens (tertiary/aromatic N) is 3. The normalized spacial score (nSPS) is 9.69. The molecule has 0 atom stereocenters. The summed E-state index contributed by atoms with van der Waals surface area (Å²) in [5, 5.41) is 5.50. The third-order valence-corrected chi connectivity index (χ3v) is 2.20. The van der Waals surface area contributed by atoms with E-state index in [1.807, 2.05) is 11.8 Å². The minimum absolute atomic E-state index is 0.0430. The van der Waals surface area contributed by atoms with Crippen molar-refractivity contribution in [2.24, 2.45) is 0 Å². The average Bonchev–Trinajstić information content (AvgIpc) is 2.35. The van der Waals surface area contributed by atoms with Gasteiger partial charge in [0.1, 0.15) is 11.6 Å². The molecule has 0 aliphatic rings. The van der Waals surface area contributed by atoms with Crippen LogP contribution in [-0.2, 0) is 4.79 Å². The average molecular weight is 223 g/mol. The van der Waals surface area contributed by atoms with Gasteiger partial charge in [0.05, 0.1) is 18.9 Å². The van der Waals surface area contributed by atoms with Gasteiger partial charge >= 0.3 is 0 Å². The fourth-order valence-corrected chi connectivity index (χ4v) is 1.24. The molecule has 0 aliphatic carbocycles. The van der Waals surface area contributed by atoms with Crippen LogP contribution in [0.15, 0.2) is 12.4 Å². The first kappa shape index (κ1) is 12.2. The third kappa shape index (κ3) is 3.08. The summed E-state index contributed by atoms with van der Waals surface area (Å²) in [7, 11) is 3.40. The first-order valence-corrected chi connectivity index (χ1v) is 5.16. The largest absolute Gasteiger partial charge is 0.372 e. The van der Waals surface area contributed by atoms with Gasteiger partial charge in [-0.25, -0.2) is 4.98 Å². The van der Waals surface area contributed by atoms with Crippen molar-refractivity contribution in [2.45, 2.75) is 6.92 Å². The lowest BCUT2D eigenvalue weighted by molar-refractivity contribution is -0.119. The van der Waals surface area contributed by atoms with E-state index in [1.165, 1.54) is 0 Å². The Kier molecular flexibility index (Phi) is 4.50. The van der Waals surface area contributed by atoms with Gasteiger partial charge in [-0.2, -0.15) is 0 Å². The minimum Gasteiger partial charge on any atom is -0.372 e. The van der Waals surface area contributed by atoms with E-state index in [-0.39, 0.29) is 12.5 Å². The highest BCUT2D eigenvalue weighted by molar-refractivity contribution is 5.80. The van der Waals surface area contributed by atoms with Crippen LogP contribution in [0.3, 0.4) is 0 Å². The van der Waals surface area contributed by atoms with Gasteiger partial charge in [-0.05, 0) is 6.92 Å². The summed E-state index contributed by atoms with van der Waals surface area (Å²) in [6.45, 7) is 2.96. The van der Waals surface area contributed by atoms with E-state index in [9.17, 15) is 4.79 Å². The summed E-state index contributed by atoms with van der Waals surface area (Å²) in [6, 6.07) is 0. The summed E-state index contributed by atoms with van der Waals surface area (Å²) >= 11 is 0. The van der Waals surface area contributed by atoms with Gasteiger partial charge in [0, 0.05) is 20.6 Å². The predicted molar refractivity (Wildman–Crippen MR) is 63.5 cm³/mol. The van der Waals surface area contributed by atoms with E-state index in [2.05, 4.69) is 20.6 Å². The first-order chi connectivity index (χ1) is 7.71. The van der Waals surface area contributed by atoms with Gasteiger partial charge in [-0.15, -0.1) is 0 Å². The SMILES string of the molecule is CCN(CC(=O)NC)c1cncc(NC)n1. The molecular formula is C10H17N5O. The smallest absolute Gasteiger partial charge is 0.239 e. The molecule has 2 N–H and O–H groups in total. The number of hydrogen-bond donors (Lipinski definition) is 2. The lowest BCUT2D eigenvalue weighted by atomic mass is 10.4. The minimum atomic E-state index is -0.0430. The highest BCUT2D eigenvalue weighted by Crippen LogP contribution is 2.11. The van der Waals surface area contributed by atoms with Crippen LogP contribution in [0.4, 0.5) is 11.6 Å².